The number of nitrogens with zero attached hydrogens (tertiary/aromatic N) is 1. The molecular weight excluding hydrogens is 460 g/mol. The van der Waals surface area contributed by atoms with Crippen LogP contribution in [-0.2, 0) is 27.8 Å². The summed E-state index contributed by atoms with van der Waals surface area (Å²) in [5.74, 6) is -1.95. The first-order valence-electron chi connectivity index (χ1n) is 10.8. The van der Waals surface area contributed by atoms with Crippen LogP contribution < -0.4 is 4.72 Å². The van der Waals surface area contributed by atoms with E-state index in [9.17, 15) is 22.0 Å². The minimum absolute atomic E-state index is 0.0152. The molecule has 2 aromatic heterocycles. The molecule has 0 spiro atoms. The molecule has 4 aromatic rings. The lowest BCUT2D eigenvalue weighted by molar-refractivity contribution is -0.119. The fraction of sp³-hybridized carbons (Fsp3) is 0.200. The smallest absolute Gasteiger partial charge is 0.240 e. The SMILES string of the molecule is O=C(Cc1cc(-c2ccc(CNS(=O)(=O)c3ccc(F)c(F)c3)cc2)c2cc[nH]c2n1)C1CC1. The molecule has 1 aliphatic carbocycles. The lowest BCUT2D eigenvalue weighted by atomic mass is 9.99. The molecule has 0 radical (unpaired) electrons. The van der Waals surface area contributed by atoms with E-state index in [0.717, 1.165) is 41.5 Å². The number of ketones is 1. The number of benzene rings is 2. The molecule has 9 heteroatoms. The average Bonchev–Trinajstić information content (AvgIpc) is 3.57. The normalized spacial score (nSPS) is 13.9. The minimum atomic E-state index is -4.00. The maximum Gasteiger partial charge on any atom is 0.240 e. The number of hydrogen-bond acceptors (Lipinski definition) is 4. The van der Waals surface area contributed by atoms with Gasteiger partial charge in [-0.05, 0) is 59.9 Å². The molecule has 0 bridgehead atoms. The first-order valence-corrected chi connectivity index (χ1v) is 12.3. The lowest BCUT2D eigenvalue weighted by Crippen LogP contribution is -2.23. The van der Waals surface area contributed by atoms with Crippen LogP contribution in [0.3, 0.4) is 0 Å². The van der Waals surface area contributed by atoms with Crippen molar-refractivity contribution in [1.82, 2.24) is 14.7 Å². The summed E-state index contributed by atoms with van der Waals surface area (Å²) in [5, 5.41) is 0.925. The second-order valence-electron chi connectivity index (χ2n) is 8.42. The average molecular weight is 482 g/mol. The number of aromatic amines is 1. The number of nitrogens with one attached hydrogen (secondary N) is 2. The fourth-order valence-corrected chi connectivity index (χ4v) is 4.89. The molecule has 0 amide bonds. The number of sulfonamides is 1. The summed E-state index contributed by atoms with van der Waals surface area (Å²) < 4.78 is 53.7. The van der Waals surface area contributed by atoms with E-state index in [4.69, 9.17) is 0 Å². The third-order valence-electron chi connectivity index (χ3n) is 5.90. The van der Waals surface area contributed by atoms with Gasteiger partial charge in [0.1, 0.15) is 11.4 Å². The van der Waals surface area contributed by atoms with Gasteiger partial charge >= 0.3 is 0 Å². The van der Waals surface area contributed by atoms with Crippen LogP contribution in [-0.4, -0.2) is 24.2 Å². The number of halogens is 2. The van der Waals surface area contributed by atoms with Crippen molar-refractivity contribution in [3.8, 4) is 11.1 Å². The van der Waals surface area contributed by atoms with Gasteiger partial charge in [0.15, 0.2) is 11.6 Å². The monoisotopic (exact) mass is 481 g/mol. The number of carbonyl (C=O) groups is 1. The molecule has 0 unspecified atom stereocenters. The van der Waals surface area contributed by atoms with Crippen molar-refractivity contribution < 1.29 is 22.0 Å². The van der Waals surface area contributed by atoms with Gasteiger partial charge in [-0.15, -0.1) is 0 Å². The van der Waals surface area contributed by atoms with Gasteiger partial charge in [-0.25, -0.2) is 26.9 Å². The molecule has 6 nitrogen and oxygen atoms in total. The van der Waals surface area contributed by atoms with Crippen molar-refractivity contribution in [3.63, 3.8) is 0 Å². The third-order valence-corrected chi connectivity index (χ3v) is 7.30. The zero-order valence-corrected chi connectivity index (χ0v) is 18.8. The standard InChI is InChI=1S/C25H21F2N3O3S/c26-22-8-7-19(13-23(22)27)34(32,33)29-14-15-1-3-16(4-2-15)21-11-18(12-24(31)17-5-6-17)30-25-20(21)9-10-28-25/h1-4,7-11,13,17,29H,5-6,12,14H2,(H,28,30). The molecule has 2 aromatic carbocycles. The number of aromatic nitrogens is 2. The van der Waals surface area contributed by atoms with Gasteiger partial charge in [0.2, 0.25) is 10.0 Å². The number of pyridine rings is 1. The van der Waals surface area contributed by atoms with Crippen LogP contribution in [0.4, 0.5) is 8.78 Å². The number of hydrogen-bond donors (Lipinski definition) is 2. The van der Waals surface area contributed by atoms with Gasteiger partial charge in [0, 0.05) is 30.5 Å². The highest BCUT2D eigenvalue weighted by atomic mass is 32.2. The quantitative estimate of drug-likeness (QED) is 0.387. The zero-order chi connectivity index (χ0) is 23.9. The predicted octanol–water partition coefficient (Wildman–Crippen LogP) is 4.51. The van der Waals surface area contributed by atoms with Gasteiger partial charge in [-0.1, -0.05) is 24.3 Å². The molecule has 0 aliphatic heterocycles. The summed E-state index contributed by atoms with van der Waals surface area (Å²) in [6.07, 6.45) is 4.01. The van der Waals surface area contributed by atoms with Gasteiger partial charge in [-0.2, -0.15) is 0 Å². The van der Waals surface area contributed by atoms with Crippen LogP contribution in [0.25, 0.3) is 22.2 Å². The Morgan fingerprint density at radius 3 is 2.50 bits per heavy atom. The Morgan fingerprint density at radius 1 is 1.03 bits per heavy atom. The van der Waals surface area contributed by atoms with Crippen molar-refractivity contribution in [2.75, 3.05) is 0 Å². The third kappa shape index (κ3) is 4.62. The Kier molecular flexibility index (Phi) is 5.75. The van der Waals surface area contributed by atoms with Crippen molar-refractivity contribution >= 4 is 26.8 Å². The maximum absolute atomic E-state index is 13.4. The van der Waals surface area contributed by atoms with E-state index in [2.05, 4.69) is 14.7 Å². The molecule has 0 saturated heterocycles. The molecule has 1 saturated carbocycles. The number of Topliss-reactive ketones (excluding diaryl/α,β-unsaturated/α-hetero) is 1. The Labute approximate surface area is 195 Å². The summed E-state index contributed by atoms with van der Waals surface area (Å²) in [5.41, 5.74) is 3.95. The highest BCUT2D eigenvalue weighted by Crippen LogP contribution is 2.33. The van der Waals surface area contributed by atoms with Gasteiger partial charge in [0.25, 0.3) is 0 Å². The van der Waals surface area contributed by atoms with Crippen LogP contribution >= 0.6 is 0 Å². The summed E-state index contributed by atoms with van der Waals surface area (Å²) in [6.45, 7) is -0.0152. The van der Waals surface area contributed by atoms with Crippen LogP contribution in [0, 0.1) is 17.6 Å². The summed E-state index contributed by atoms with van der Waals surface area (Å²) in [7, 11) is -4.00. The number of fused-ring (bicyclic) bond motifs is 1. The van der Waals surface area contributed by atoms with E-state index in [0.29, 0.717) is 29.4 Å². The predicted molar refractivity (Wildman–Crippen MR) is 123 cm³/mol. The van der Waals surface area contributed by atoms with Crippen molar-refractivity contribution in [2.45, 2.75) is 30.7 Å². The van der Waals surface area contributed by atoms with E-state index < -0.39 is 21.7 Å². The van der Waals surface area contributed by atoms with E-state index >= 15 is 0 Å². The topological polar surface area (TPSA) is 91.9 Å². The lowest BCUT2D eigenvalue weighted by Gasteiger charge is -2.10. The van der Waals surface area contributed by atoms with Crippen LogP contribution in [0.1, 0.15) is 24.1 Å². The molecule has 2 N–H and O–H groups in total. The molecule has 34 heavy (non-hydrogen) atoms. The second-order valence-corrected chi connectivity index (χ2v) is 10.2. The summed E-state index contributed by atoms with van der Waals surface area (Å²) in [6, 6.07) is 13.6. The van der Waals surface area contributed by atoms with E-state index in [-0.39, 0.29) is 23.1 Å². The molecule has 1 aliphatic rings. The largest absolute Gasteiger partial charge is 0.346 e. The molecule has 2 heterocycles. The van der Waals surface area contributed by atoms with Gasteiger partial charge < -0.3 is 4.98 Å². The highest BCUT2D eigenvalue weighted by molar-refractivity contribution is 7.89. The van der Waals surface area contributed by atoms with E-state index in [1.54, 1.807) is 18.3 Å². The molecule has 5 rings (SSSR count). The van der Waals surface area contributed by atoms with Crippen molar-refractivity contribution in [3.05, 3.63) is 83.7 Å². The minimum Gasteiger partial charge on any atom is -0.346 e. The van der Waals surface area contributed by atoms with Crippen molar-refractivity contribution in [1.29, 1.82) is 0 Å². The fourth-order valence-electron chi connectivity index (χ4n) is 3.86. The molecule has 1 fully saturated rings. The van der Waals surface area contributed by atoms with E-state index in [1.807, 2.05) is 24.3 Å². The molecule has 174 valence electrons. The number of H-pyrrole nitrogens is 1. The Bertz CT molecular complexity index is 1490. The Balaban J connectivity index is 1.35. The second kappa shape index (κ2) is 8.73. The highest BCUT2D eigenvalue weighted by Gasteiger charge is 2.29. The first kappa shape index (κ1) is 22.4. The van der Waals surface area contributed by atoms with Crippen LogP contribution in [0.2, 0.25) is 0 Å². The van der Waals surface area contributed by atoms with Gasteiger partial charge in [-0.3, -0.25) is 4.79 Å². The molecular formula is C25H21F2N3O3S. The maximum atomic E-state index is 13.4. The summed E-state index contributed by atoms with van der Waals surface area (Å²) in [4.78, 5) is 19.6. The first-order chi connectivity index (χ1) is 16.3. The number of rotatable bonds is 8. The number of carbonyl (C=O) groups excluding carboxylic acids is 1. The van der Waals surface area contributed by atoms with Crippen LogP contribution in [0.5, 0.6) is 0 Å². The molecule has 0 atom stereocenters. The van der Waals surface area contributed by atoms with E-state index in [1.165, 1.54) is 0 Å². The van der Waals surface area contributed by atoms with Gasteiger partial charge in [0.05, 0.1) is 10.6 Å². The Morgan fingerprint density at radius 2 is 1.79 bits per heavy atom. The Hall–Kier alpha value is -3.43. The van der Waals surface area contributed by atoms with Crippen molar-refractivity contribution in [2.24, 2.45) is 5.92 Å². The zero-order valence-electron chi connectivity index (χ0n) is 18.0. The van der Waals surface area contributed by atoms with Crippen LogP contribution in [0.15, 0.2) is 65.7 Å². The summed E-state index contributed by atoms with van der Waals surface area (Å²) >= 11 is 0.